The van der Waals surface area contributed by atoms with Gasteiger partial charge in [-0.15, -0.1) is 0 Å². The fraction of sp³-hybridized carbons (Fsp3) is 0.600. The van der Waals surface area contributed by atoms with E-state index in [1.54, 1.807) is 26.8 Å². The highest BCUT2D eigenvalue weighted by Gasteiger charge is 2.25. The molecule has 0 aromatic carbocycles. The highest BCUT2D eigenvalue weighted by molar-refractivity contribution is 5.80. The van der Waals surface area contributed by atoms with E-state index in [9.17, 15) is 14.7 Å². The average molecular weight is 297 g/mol. The number of furan rings is 1. The van der Waals surface area contributed by atoms with Gasteiger partial charge in [-0.25, -0.2) is 9.59 Å². The van der Waals surface area contributed by atoms with E-state index in [-0.39, 0.29) is 6.42 Å². The van der Waals surface area contributed by atoms with Crippen LogP contribution in [0.3, 0.4) is 0 Å². The van der Waals surface area contributed by atoms with Crippen LogP contribution in [0.15, 0.2) is 16.5 Å². The molecule has 6 heteroatoms. The normalized spacial score (nSPS) is 12.8. The molecule has 6 nitrogen and oxygen atoms in total. The third-order valence-electron chi connectivity index (χ3n) is 2.61. The second-order valence-electron chi connectivity index (χ2n) is 5.86. The molecular weight excluding hydrogens is 274 g/mol. The molecule has 0 aliphatic carbocycles. The second-order valence-corrected chi connectivity index (χ2v) is 5.86. The molecule has 1 aromatic heterocycles. The summed E-state index contributed by atoms with van der Waals surface area (Å²) in [5, 5.41) is 11.5. The van der Waals surface area contributed by atoms with Crippen LogP contribution in [0.5, 0.6) is 0 Å². The van der Waals surface area contributed by atoms with Gasteiger partial charge in [0.15, 0.2) is 0 Å². The Labute approximate surface area is 124 Å². The van der Waals surface area contributed by atoms with Crippen LogP contribution in [0, 0.1) is 0 Å². The molecular formula is C15H23NO5. The van der Waals surface area contributed by atoms with E-state index in [1.165, 1.54) is 0 Å². The van der Waals surface area contributed by atoms with Crippen molar-refractivity contribution < 1.29 is 23.8 Å². The van der Waals surface area contributed by atoms with Gasteiger partial charge in [-0.2, -0.15) is 0 Å². The van der Waals surface area contributed by atoms with E-state index in [2.05, 4.69) is 5.32 Å². The van der Waals surface area contributed by atoms with Crippen molar-refractivity contribution >= 4 is 12.1 Å². The Morgan fingerprint density at radius 3 is 2.48 bits per heavy atom. The molecule has 2 N–H and O–H groups in total. The second kappa shape index (κ2) is 7.15. The van der Waals surface area contributed by atoms with Crippen LogP contribution in [-0.4, -0.2) is 28.8 Å². The van der Waals surface area contributed by atoms with Gasteiger partial charge in [0.1, 0.15) is 23.2 Å². The summed E-state index contributed by atoms with van der Waals surface area (Å²) >= 11 is 0. The standard InChI is InChI=1S/C15H23NO5/c1-5-6-10-7-8-11(20-10)9-12(13(17)18)16-14(19)21-15(2,3)4/h7-8,12H,5-6,9H2,1-4H3,(H,16,19)(H,17,18). The van der Waals surface area contributed by atoms with Crippen LogP contribution in [0.4, 0.5) is 4.79 Å². The zero-order valence-corrected chi connectivity index (χ0v) is 12.9. The van der Waals surface area contributed by atoms with Crippen LogP contribution >= 0.6 is 0 Å². The number of ether oxygens (including phenoxy) is 1. The summed E-state index contributed by atoms with van der Waals surface area (Å²) in [5.41, 5.74) is -0.674. The minimum Gasteiger partial charge on any atom is -0.480 e. The van der Waals surface area contributed by atoms with Crippen molar-refractivity contribution in [3.8, 4) is 0 Å². The van der Waals surface area contributed by atoms with E-state index in [1.807, 2.05) is 13.0 Å². The molecule has 1 aromatic rings. The number of nitrogens with one attached hydrogen (secondary N) is 1. The Kier molecular flexibility index (Phi) is 5.81. The summed E-state index contributed by atoms with van der Waals surface area (Å²) in [7, 11) is 0. The lowest BCUT2D eigenvalue weighted by atomic mass is 10.1. The summed E-state index contributed by atoms with van der Waals surface area (Å²) < 4.78 is 10.6. The van der Waals surface area contributed by atoms with Crippen LogP contribution in [0.25, 0.3) is 0 Å². The Morgan fingerprint density at radius 2 is 1.95 bits per heavy atom. The Morgan fingerprint density at radius 1 is 1.33 bits per heavy atom. The number of alkyl carbamates (subject to hydrolysis) is 1. The van der Waals surface area contributed by atoms with E-state index in [0.29, 0.717) is 5.76 Å². The Hall–Kier alpha value is -1.98. The number of carboxylic acids is 1. The third-order valence-corrected chi connectivity index (χ3v) is 2.61. The SMILES string of the molecule is CCCc1ccc(CC(NC(=O)OC(C)(C)C)C(=O)O)o1. The predicted octanol–water partition coefficient (Wildman–Crippen LogP) is 2.75. The van der Waals surface area contributed by atoms with E-state index < -0.39 is 23.7 Å². The number of hydrogen-bond acceptors (Lipinski definition) is 4. The minimum absolute atomic E-state index is 0.0816. The Balaban J connectivity index is 2.65. The molecule has 1 rings (SSSR count). The van der Waals surface area contributed by atoms with Gasteiger partial charge >= 0.3 is 12.1 Å². The van der Waals surface area contributed by atoms with Crippen molar-refractivity contribution in [3.63, 3.8) is 0 Å². The fourth-order valence-electron chi connectivity index (χ4n) is 1.76. The van der Waals surface area contributed by atoms with Gasteiger partial charge in [0.05, 0.1) is 0 Å². The van der Waals surface area contributed by atoms with Crippen molar-refractivity contribution in [2.75, 3.05) is 0 Å². The molecule has 0 aliphatic rings. The van der Waals surface area contributed by atoms with Crippen molar-refractivity contribution in [2.45, 2.75) is 58.6 Å². The topological polar surface area (TPSA) is 88.8 Å². The van der Waals surface area contributed by atoms with Gasteiger partial charge in [0, 0.05) is 12.8 Å². The number of carbonyl (C=O) groups is 2. The molecule has 21 heavy (non-hydrogen) atoms. The average Bonchev–Trinajstić information content (AvgIpc) is 2.73. The summed E-state index contributed by atoms with van der Waals surface area (Å²) in [5.74, 6) is 0.213. The van der Waals surface area contributed by atoms with Crippen LogP contribution in [-0.2, 0) is 22.4 Å². The molecule has 1 heterocycles. The maximum atomic E-state index is 11.6. The number of aliphatic carboxylic acids is 1. The van der Waals surface area contributed by atoms with Gasteiger partial charge in [-0.3, -0.25) is 0 Å². The number of carboxylic acid groups (broad SMARTS) is 1. The number of amides is 1. The van der Waals surface area contributed by atoms with Crippen LogP contribution < -0.4 is 5.32 Å². The number of hydrogen-bond donors (Lipinski definition) is 2. The highest BCUT2D eigenvalue weighted by atomic mass is 16.6. The molecule has 0 saturated carbocycles. The number of carbonyl (C=O) groups excluding carboxylic acids is 1. The lowest BCUT2D eigenvalue weighted by molar-refractivity contribution is -0.139. The fourth-order valence-corrected chi connectivity index (χ4v) is 1.76. The van der Waals surface area contributed by atoms with Gasteiger partial charge in [-0.05, 0) is 39.3 Å². The Bertz CT molecular complexity index is 486. The first-order valence-corrected chi connectivity index (χ1v) is 7.01. The lowest BCUT2D eigenvalue weighted by Crippen LogP contribution is -2.44. The van der Waals surface area contributed by atoms with Crippen molar-refractivity contribution in [1.82, 2.24) is 5.32 Å². The van der Waals surface area contributed by atoms with Crippen LogP contribution in [0.1, 0.15) is 45.6 Å². The van der Waals surface area contributed by atoms with Gasteiger partial charge in [0.2, 0.25) is 0 Å². The van der Waals surface area contributed by atoms with E-state index in [4.69, 9.17) is 9.15 Å². The molecule has 1 atom stereocenters. The summed E-state index contributed by atoms with van der Waals surface area (Å²) in [6, 6.07) is 2.48. The first kappa shape index (κ1) is 17.1. The molecule has 0 spiro atoms. The smallest absolute Gasteiger partial charge is 0.408 e. The third kappa shape index (κ3) is 6.33. The van der Waals surface area contributed by atoms with E-state index in [0.717, 1.165) is 18.6 Å². The zero-order valence-electron chi connectivity index (χ0n) is 12.9. The van der Waals surface area contributed by atoms with Gasteiger partial charge in [-0.1, -0.05) is 6.92 Å². The molecule has 1 unspecified atom stereocenters. The molecule has 0 radical (unpaired) electrons. The quantitative estimate of drug-likeness (QED) is 0.842. The van der Waals surface area contributed by atoms with Gasteiger partial charge < -0.3 is 19.6 Å². The largest absolute Gasteiger partial charge is 0.480 e. The number of rotatable bonds is 6. The monoisotopic (exact) mass is 297 g/mol. The van der Waals surface area contributed by atoms with Crippen LogP contribution in [0.2, 0.25) is 0 Å². The van der Waals surface area contributed by atoms with Gasteiger partial charge in [0.25, 0.3) is 0 Å². The first-order chi connectivity index (χ1) is 9.71. The molecule has 0 bridgehead atoms. The molecule has 0 saturated heterocycles. The maximum absolute atomic E-state index is 11.6. The summed E-state index contributed by atoms with van der Waals surface area (Å²) in [6.07, 6.45) is 1.08. The van der Waals surface area contributed by atoms with Crippen molar-refractivity contribution in [3.05, 3.63) is 23.7 Å². The number of aryl methyl sites for hydroxylation is 1. The molecule has 0 fully saturated rings. The minimum atomic E-state index is -1.13. The maximum Gasteiger partial charge on any atom is 0.408 e. The first-order valence-electron chi connectivity index (χ1n) is 7.01. The molecule has 0 aliphatic heterocycles. The lowest BCUT2D eigenvalue weighted by Gasteiger charge is -2.21. The molecule has 1 amide bonds. The van der Waals surface area contributed by atoms with Crippen molar-refractivity contribution in [1.29, 1.82) is 0 Å². The predicted molar refractivity (Wildman–Crippen MR) is 77.2 cm³/mol. The summed E-state index contributed by atoms with van der Waals surface area (Å²) in [6.45, 7) is 7.18. The van der Waals surface area contributed by atoms with Crippen molar-refractivity contribution in [2.24, 2.45) is 0 Å². The van der Waals surface area contributed by atoms with E-state index >= 15 is 0 Å². The summed E-state index contributed by atoms with van der Waals surface area (Å²) in [4.78, 5) is 22.9. The highest BCUT2D eigenvalue weighted by Crippen LogP contribution is 2.13. The zero-order chi connectivity index (χ0) is 16.0. The molecule has 118 valence electrons.